The van der Waals surface area contributed by atoms with Crippen LogP contribution < -0.4 is 11.1 Å². The molecule has 6 nitrogen and oxygen atoms in total. The lowest BCUT2D eigenvalue weighted by Crippen LogP contribution is -2.22. The number of carbonyl (C=O) groups excluding carboxylic acids is 1. The first-order valence-electron chi connectivity index (χ1n) is 6.12. The predicted molar refractivity (Wildman–Crippen MR) is 74.9 cm³/mol. The molecule has 0 aliphatic rings. The van der Waals surface area contributed by atoms with Crippen molar-refractivity contribution in [3.63, 3.8) is 0 Å². The van der Waals surface area contributed by atoms with Crippen molar-refractivity contribution in [2.75, 3.05) is 6.61 Å². The van der Waals surface area contributed by atoms with Crippen LogP contribution in [0.2, 0.25) is 0 Å². The van der Waals surface area contributed by atoms with E-state index >= 15 is 0 Å². The van der Waals surface area contributed by atoms with E-state index in [9.17, 15) is 9.59 Å². The Morgan fingerprint density at radius 2 is 2.15 bits per heavy atom. The van der Waals surface area contributed by atoms with Crippen molar-refractivity contribution >= 4 is 22.8 Å². The normalized spacial score (nSPS) is 11.4. The third-order valence-corrected chi connectivity index (χ3v) is 2.62. The first-order valence-corrected chi connectivity index (χ1v) is 6.12. The molecule has 2 aromatic rings. The number of hydrazone groups is 1. The molecule has 1 aromatic heterocycles. The zero-order valence-electron chi connectivity index (χ0n) is 11.2. The zero-order chi connectivity index (χ0) is 14.5. The molecule has 0 atom stereocenters. The summed E-state index contributed by atoms with van der Waals surface area (Å²) in [6, 6.07) is 8.84. The number of fused-ring (bicyclic) bond motifs is 1. The van der Waals surface area contributed by atoms with Crippen molar-refractivity contribution < 1.29 is 13.9 Å². The van der Waals surface area contributed by atoms with E-state index in [-0.39, 0.29) is 6.61 Å². The van der Waals surface area contributed by atoms with E-state index in [0.717, 1.165) is 5.39 Å². The molecule has 0 aliphatic heterocycles. The molecular formula is C14H14N2O4. The third-order valence-electron chi connectivity index (χ3n) is 2.62. The van der Waals surface area contributed by atoms with Crippen molar-refractivity contribution in [2.45, 2.75) is 13.8 Å². The molecule has 0 saturated heterocycles. The Kier molecular flexibility index (Phi) is 4.14. The number of amides is 1. The monoisotopic (exact) mass is 274 g/mol. The average molecular weight is 274 g/mol. The molecular weight excluding hydrogens is 260 g/mol. The summed E-state index contributed by atoms with van der Waals surface area (Å²) in [6.07, 6.45) is -0.669. The van der Waals surface area contributed by atoms with Crippen LogP contribution in [0, 0.1) is 0 Å². The van der Waals surface area contributed by atoms with Crippen molar-refractivity contribution in [1.82, 2.24) is 5.43 Å². The van der Waals surface area contributed by atoms with Gasteiger partial charge in [-0.25, -0.2) is 15.0 Å². The highest BCUT2D eigenvalue weighted by Crippen LogP contribution is 2.12. The third kappa shape index (κ3) is 3.03. The van der Waals surface area contributed by atoms with E-state index in [4.69, 9.17) is 4.42 Å². The summed E-state index contributed by atoms with van der Waals surface area (Å²) in [5.74, 6) is 0. The number of ether oxygens (including phenoxy) is 1. The molecule has 104 valence electrons. The summed E-state index contributed by atoms with van der Waals surface area (Å²) in [7, 11) is 0. The Morgan fingerprint density at radius 3 is 2.90 bits per heavy atom. The second-order valence-electron chi connectivity index (χ2n) is 4.01. The second-order valence-corrected chi connectivity index (χ2v) is 4.01. The van der Waals surface area contributed by atoms with E-state index in [0.29, 0.717) is 16.9 Å². The van der Waals surface area contributed by atoms with E-state index in [1.165, 1.54) is 0 Å². The van der Waals surface area contributed by atoms with Crippen LogP contribution in [-0.4, -0.2) is 18.4 Å². The van der Waals surface area contributed by atoms with Gasteiger partial charge >= 0.3 is 11.7 Å². The van der Waals surface area contributed by atoms with Gasteiger partial charge in [-0.3, -0.25) is 0 Å². The number of rotatable bonds is 3. The Hall–Kier alpha value is -2.63. The highest BCUT2D eigenvalue weighted by molar-refractivity contribution is 6.00. The van der Waals surface area contributed by atoms with Crippen molar-refractivity contribution in [1.29, 1.82) is 0 Å². The van der Waals surface area contributed by atoms with Gasteiger partial charge in [0, 0.05) is 5.39 Å². The van der Waals surface area contributed by atoms with Crippen LogP contribution >= 0.6 is 0 Å². The summed E-state index contributed by atoms with van der Waals surface area (Å²) in [6.45, 7) is 3.54. The SMILES string of the molecule is CCOC(=O)NN=C(C)c1cc2ccccc2oc1=O. The Morgan fingerprint density at radius 1 is 1.40 bits per heavy atom. The maximum atomic E-state index is 11.9. The molecule has 1 amide bonds. The number of nitrogens with zero attached hydrogens (tertiary/aromatic N) is 1. The van der Waals surface area contributed by atoms with Crippen molar-refractivity contribution in [2.24, 2.45) is 5.10 Å². The minimum absolute atomic E-state index is 0.249. The fourth-order valence-corrected chi connectivity index (χ4v) is 1.67. The lowest BCUT2D eigenvalue weighted by Gasteiger charge is -2.03. The second kappa shape index (κ2) is 6.01. The van der Waals surface area contributed by atoms with Crippen LogP contribution in [0.4, 0.5) is 4.79 Å². The molecule has 0 unspecified atom stereocenters. The predicted octanol–water partition coefficient (Wildman–Crippen LogP) is 2.26. The topological polar surface area (TPSA) is 80.9 Å². The fraction of sp³-hybridized carbons (Fsp3) is 0.214. The van der Waals surface area contributed by atoms with E-state index in [1.54, 1.807) is 32.0 Å². The molecule has 1 heterocycles. The highest BCUT2D eigenvalue weighted by Gasteiger charge is 2.08. The highest BCUT2D eigenvalue weighted by atomic mass is 16.5. The molecule has 1 N–H and O–H groups in total. The molecule has 20 heavy (non-hydrogen) atoms. The van der Waals surface area contributed by atoms with Crippen LogP contribution in [0.15, 0.2) is 44.6 Å². The largest absolute Gasteiger partial charge is 0.449 e. The maximum Gasteiger partial charge on any atom is 0.427 e. The number of hydrogen-bond acceptors (Lipinski definition) is 5. The van der Waals surface area contributed by atoms with Crippen LogP contribution in [0.3, 0.4) is 0 Å². The van der Waals surface area contributed by atoms with Crippen LogP contribution in [0.1, 0.15) is 19.4 Å². The van der Waals surface area contributed by atoms with E-state index in [1.807, 2.05) is 12.1 Å². The number of nitrogens with one attached hydrogen (secondary N) is 1. The molecule has 0 fully saturated rings. The van der Waals surface area contributed by atoms with Gasteiger partial charge in [0.05, 0.1) is 17.9 Å². The Bertz CT molecular complexity index is 718. The van der Waals surface area contributed by atoms with Gasteiger partial charge in [-0.05, 0) is 26.0 Å². The Balaban J connectivity index is 2.32. The number of para-hydroxylation sites is 1. The van der Waals surface area contributed by atoms with Gasteiger partial charge in [0.2, 0.25) is 0 Å². The number of carbonyl (C=O) groups is 1. The summed E-state index contributed by atoms with van der Waals surface area (Å²) < 4.78 is 9.86. The molecule has 0 saturated carbocycles. The van der Waals surface area contributed by atoms with Crippen LogP contribution in [0.5, 0.6) is 0 Å². The van der Waals surface area contributed by atoms with Gasteiger partial charge in [0.25, 0.3) is 0 Å². The molecule has 0 radical (unpaired) electrons. The van der Waals surface area contributed by atoms with E-state index < -0.39 is 11.7 Å². The van der Waals surface area contributed by atoms with Gasteiger partial charge in [-0.1, -0.05) is 18.2 Å². The lowest BCUT2D eigenvalue weighted by molar-refractivity contribution is 0.152. The summed E-state index contributed by atoms with van der Waals surface area (Å²) in [4.78, 5) is 23.0. The molecule has 0 aliphatic carbocycles. The summed E-state index contributed by atoms with van der Waals surface area (Å²) in [5, 5.41) is 4.60. The first kappa shape index (κ1) is 13.8. The summed E-state index contributed by atoms with van der Waals surface area (Å²) >= 11 is 0. The number of benzene rings is 1. The van der Waals surface area contributed by atoms with Gasteiger partial charge in [-0.15, -0.1) is 0 Å². The lowest BCUT2D eigenvalue weighted by atomic mass is 10.1. The quantitative estimate of drug-likeness (QED) is 0.529. The standard InChI is InChI=1S/C14H14N2O4/c1-3-19-14(18)16-15-9(2)11-8-10-6-4-5-7-12(10)20-13(11)17/h4-8H,3H2,1-2H3,(H,16,18). The minimum atomic E-state index is -0.669. The molecule has 2 rings (SSSR count). The van der Waals surface area contributed by atoms with Crippen molar-refractivity contribution in [3.8, 4) is 0 Å². The maximum absolute atomic E-state index is 11.9. The van der Waals surface area contributed by atoms with E-state index in [2.05, 4.69) is 15.3 Å². The molecule has 0 spiro atoms. The van der Waals surface area contributed by atoms with Crippen molar-refractivity contribution in [3.05, 3.63) is 46.3 Å². The molecule has 0 bridgehead atoms. The van der Waals surface area contributed by atoms with Gasteiger partial charge in [-0.2, -0.15) is 5.10 Å². The van der Waals surface area contributed by atoms with Gasteiger partial charge in [0.1, 0.15) is 5.58 Å². The molecule has 6 heteroatoms. The zero-order valence-corrected chi connectivity index (χ0v) is 11.2. The number of hydrogen-bond donors (Lipinski definition) is 1. The molecule has 1 aromatic carbocycles. The smallest absolute Gasteiger partial charge is 0.427 e. The van der Waals surface area contributed by atoms with Crippen LogP contribution in [0.25, 0.3) is 11.0 Å². The average Bonchev–Trinajstić information content (AvgIpc) is 2.44. The summed E-state index contributed by atoms with van der Waals surface area (Å²) in [5.41, 5.74) is 2.84. The Labute approximate surface area is 115 Å². The van der Waals surface area contributed by atoms with Gasteiger partial charge in [0.15, 0.2) is 0 Å². The van der Waals surface area contributed by atoms with Gasteiger partial charge < -0.3 is 9.15 Å². The first-order chi connectivity index (χ1) is 9.61. The minimum Gasteiger partial charge on any atom is -0.449 e. The fourth-order valence-electron chi connectivity index (χ4n) is 1.67. The van der Waals surface area contributed by atoms with Crippen LogP contribution in [-0.2, 0) is 4.74 Å².